The summed E-state index contributed by atoms with van der Waals surface area (Å²) in [5.41, 5.74) is 11.8. The van der Waals surface area contributed by atoms with E-state index >= 15 is 0 Å². The van der Waals surface area contributed by atoms with Crippen LogP contribution in [0.2, 0.25) is 0 Å². The molecule has 0 saturated heterocycles. The van der Waals surface area contributed by atoms with Crippen LogP contribution in [0.3, 0.4) is 0 Å². The summed E-state index contributed by atoms with van der Waals surface area (Å²) in [6.07, 6.45) is -1.54. The molecule has 1 aromatic heterocycles. The molecule has 4 N–H and O–H groups in total. The monoisotopic (exact) mass is 412 g/mol. The van der Waals surface area contributed by atoms with E-state index in [2.05, 4.69) is 4.98 Å². The molecule has 2 aromatic rings. The fraction of sp³-hybridized carbons (Fsp3) is 0.450. The van der Waals surface area contributed by atoms with E-state index in [0.717, 1.165) is 31.4 Å². The molecule has 29 heavy (non-hydrogen) atoms. The molecule has 0 radical (unpaired) electrons. The molecule has 1 aromatic carbocycles. The second kappa shape index (κ2) is 7.70. The molecule has 0 spiro atoms. The molecule has 0 unspecified atom stereocenters. The first-order chi connectivity index (χ1) is 13.5. The Balaban J connectivity index is 1.99. The summed E-state index contributed by atoms with van der Waals surface area (Å²) >= 11 is 0. The zero-order valence-electron chi connectivity index (χ0n) is 16.3. The maximum absolute atomic E-state index is 13.8. The molecule has 0 amide bonds. The summed E-state index contributed by atoms with van der Waals surface area (Å²) < 4.78 is 58.4. The van der Waals surface area contributed by atoms with Gasteiger partial charge in [0, 0.05) is 31.7 Å². The third kappa shape index (κ3) is 4.39. The van der Waals surface area contributed by atoms with Gasteiger partial charge in [0.2, 0.25) is 0 Å². The lowest BCUT2D eigenvalue weighted by molar-refractivity contribution is -0.137. The Hall–Kier alpha value is -2.55. The summed E-state index contributed by atoms with van der Waals surface area (Å²) in [6.45, 7) is 1.24. The lowest BCUT2D eigenvalue weighted by Crippen LogP contribution is -2.44. The van der Waals surface area contributed by atoms with E-state index in [9.17, 15) is 17.6 Å². The first-order valence-corrected chi connectivity index (χ1v) is 9.19. The minimum Gasteiger partial charge on any atom is -0.394 e. The highest BCUT2D eigenvalue weighted by Crippen LogP contribution is 2.43. The summed E-state index contributed by atoms with van der Waals surface area (Å²) in [5, 5.41) is 0. The van der Waals surface area contributed by atoms with E-state index in [1.54, 1.807) is 13.2 Å². The second-order valence-electron chi connectivity index (χ2n) is 7.69. The van der Waals surface area contributed by atoms with Crippen LogP contribution in [0.1, 0.15) is 24.8 Å². The van der Waals surface area contributed by atoms with Crippen molar-refractivity contribution < 1.29 is 22.3 Å². The van der Waals surface area contributed by atoms with Gasteiger partial charge in [0.1, 0.15) is 11.6 Å². The maximum Gasteiger partial charge on any atom is 0.416 e. The maximum atomic E-state index is 13.8. The zero-order chi connectivity index (χ0) is 21.4. The van der Waals surface area contributed by atoms with E-state index in [4.69, 9.17) is 16.2 Å². The normalized spacial score (nSPS) is 15.8. The Morgan fingerprint density at radius 1 is 1.17 bits per heavy atom. The minimum absolute atomic E-state index is 0.00353. The molecule has 1 heterocycles. The van der Waals surface area contributed by atoms with Gasteiger partial charge in [-0.3, -0.25) is 0 Å². The van der Waals surface area contributed by atoms with Crippen molar-refractivity contribution in [1.29, 1.82) is 0 Å². The Morgan fingerprint density at radius 3 is 2.41 bits per heavy atom. The van der Waals surface area contributed by atoms with Gasteiger partial charge in [0.25, 0.3) is 0 Å². The molecular weight excluding hydrogens is 388 g/mol. The standard InChI is InChI=1S/C20H24F4N4O/c1-28(10-19(11-29-2)4-3-5-19)16-9-15(27-18(26)17(16)25)12-6-13(20(22,23)24)8-14(21)7-12/h6-9H,3-5,10-11,25H2,1-2H3,(H2,26,27). The number of anilines is 3. The van der Waals surface area contributed by atoms with E-state index in [-0.39, 0.29) is 28.2 Å². The number of methoxy groups -OCH3 is 1. The SMILES string of the molecule is COCC1(CN(C)c2cc(-c3cc(F)cc(C(F)(F)F)c3)nc(N)c2N)CCC1. The number of benzene rings is 1. The Morgan fingerprint density at radius 2 is 1.86 bits per heavy atom. The molecule has 1 saturated carbocycles. The fourth-order valence-electron chi connectivity index (χ4n) is 3.84. The molecule has 1 aliphatic rings. The number of nitrogens with zero attached hydrogens (tertiary/aromatic N) is 2. The molecular formula is C20H24F4N4O. The van der Waals surface area contributed by atoms with E-state index in [1.807, 2.05) is 11.9 Å². The lowest BCUT2D eigenvalue weighted by atomic mass is 9.69. The first kappa shape index (κ1) is 21.2. The van der Waals surface area contributed by atoms with Crippen molar-refractivity contribution in [2.75, 3.05) is 43.7 Å². The number of aromatic nitrogens is 1. The van der Waals surface area contributed by atoms with E-state index in [0.29, 0.717) is 24.9 Å². The number of nitrogens with two attached hydrogens (primary N) is 2. The van der Waals surface area contributed by atoms with Gasteiger partial charge in [-0.25, -0.2) is 9.37 Å². The molecule has 5 nitrogen and oxygen atoms in total. The number of rotatable bonds is 6. The summed E-state index contributed by atoms with van der Waals surface area (Å²) in [4.78, 5) is 5.99. The Labute approximate surface area is 166 Å². The van der Waals surface area contributed by atoms with Gasteiger partial charge >= 0.3 is 6.18 Å². The van der Waals surface area contributed by atoms with Crippen LogP contribution in [-0.2, 0) is 10.9 Å². The summed E-state index contributed by atoms with van der Waals surface area (Å²) in [6, 6.07) is 3.83. The smallest absolute Gasteiger partial charge is 0.394 e. The van der Waals surface area contributed by atoms with Gasteiger partial charge in [-0.15, -0.1) is 0 Å². The largest absolute Gasteiger partial charge is 0.416 e. The van der Waals surface area contributed by atoms with Crippen molar-refractivity contribution in [3.63, 3.8) is 0 Å². The predicted molar refractivity (Wildman–Crippen MR) is 105 cm³/mol. The van der Waals surface area contributed by atoms with Gasteiger partial charge in [-0.2, -0.15) is 13.2 Å². The van der Waals surface area contributed by atoms with Gasteiger partial charge in [0.15, 0.2) is 0 Å². The van der Waals surface area contributed by atoms with Crippen molar-refractivity contribution in [2.45, 2.75) is 25.4 Å². The molecule has 9 heteroatoms. The van der Waals surface area contributed by atoms with Crippen LogP contribution >= 0.6 is 0 Å². The van der Waals surface area contributed by atoms with Gasteiger partial charge in [-0.1, -0.05) is 6.42 Å². The van der Waals surface area contributed by atoms with Crippen molar-refractivity contribution in [1.82, 2.24) is 4.98 Å². The van der Waals surface area contributed by atoms with Gasteiger partial charge in [0.05, 0.1) is 29.2 Å². The number of ether oxygens (including phenoxy) is 1. The minimum atomic E-state index is -4.67. The molecule has 0 bridgehead atoms. The number of hydrogen-bond acceptors (Lipinski definition) is 5. The van der Waals surface area contributed by atoms with Crippen LogP contribution < -0.4 is 16.4 Å². The lowest BCUT2D eigenvalue weighted by Gasteiger charge is -2.44. The number of halogens is 4. The number of pyridine rings is 1. The Bertz CT molecular complexity index is 897. The third-order valence-electron chi connectivity index (χ3n) is 5.44. The van der Waals surface area contributed by atoms with Gasteiger partial charge in [-0.05, 0) is 37.1 Å². The number of nitrogen functional groups attached to an aromatic ring is 2. The highest BCUT2D eigenvalue weighted by atomic mass is 19.4. The highest BCUT2D eigenvalue weighted by Gasteiger charge is 2.38. The van der Waals surface area contributed by atoms with Crippen LogP contribution in [0.15, 0.2) is 24.3 Å². The third-order valence-corrected chi connectivity index (χ3v) is 5.44. The van der Waals surface area contributed by atoms with Crippen molar-refractivity contribution in [3.05, 3.63) is 35.6 Å². The van der Waals surface area contributed by atoms with Gasteiger partial charge < -0.3 is 21.1 Å². The predicted octanol–water partition coefficient (Wildman–Crippen LogP) is 4.32. The molecule has 1 aliphatic carbocycles. The molecule has 3 rings (SSSR count). The van der Waals surface area contributed by atoms with Crippen molar-refractivity contribution >= 4 is 17.2 Å². The number of alkyl halides is 3. The fourth-order valence-corrected chi connectivity index (χ4v) is 3.84. The first-order valence-electron chi connectivity index (χ1n) is 9.19. The molecule has 0 aliphatic heterocycles. The van der Waals surface area contributed by atoms with E-state index < -0.39 is 17.6 Å². The second-order valence-corrected chi connectivity index (χ2v) is 7.69. The van der Waals surface area contributed by atoms with Crippen LogP contribution in [0, 0.1) is 11.2 Å². The summed E-state index contributed by atoms with van der Waals surface area (Å²) in [5.74, 6) is -1.02. The van der Waals surface area contributed by atoms with Crippen molar-refractivity contribution in [3.8, 4) is 11.3 Å². The molecule has 0 atom stereocenters. The summed E-state index contributed by atoms with van der Waals surface area (Å²) in [7, 11) is 3.48. The van der Waals surface area contributed by atoms with Crippen LogP contribution in [0.25, 0.3) is 11.3 Å². The highest BCUT2D eigenvalue weighted by molar-refractivity contribution is 5.82. The average Bonchev–Trinajstić information content (AvgIpc) is 2.60. The van der Waals surface area contributed by atoms with Crippen LogP contribution in [0.5, 0.6) is 0 Å². The van der Waals surface area contributed by atoms with Crippen LogP contribution in [-0.4, -0.2) is 32.3 Å². The molecule has 1 fully saturated rings. The quantitative estimate of drug-likeness (QED) is 0.691. The molecule has 158 valence electrons. The zero-order valence-corrected chi connectivity index (χ0v) is 16.3. The van der Waals surface area contributed by atoms with Crippen molar-refractivity contribution in [2.24, 2.45) is 5.41 Å². The topological polar surface area (TPSA) is 77.4 Å². The van der Waals surface area contributed by atoms with Crippen LogP contribution in [0.4, 0.5) is 34.8 Å². The average molecular weight is 412 g/mol. The van der Waals surface area contributed by atoms with E-state index in [1.165, 1.54) is 0 Å². The Kier molecular flexibility index (Phi) is 5.62. The number of hydrogen-bond donors (Lipinski definition) is 2.